The van der Waals surface area contributed by atoms with Crippen LogP contribution in [0.2, 0.25) is 0 Å². The average Bonchev–Trinajstić information content (AvgIpc) is 2.36. The van der Waals surface area contributed by atoms with Crippen molar-refractivity contribution in [2.24, 2.45) is 0 Å². The predicted octanol–water partition coefficient (Wildman–Crippen LogP) is 0.969. The maximum Gasteiger partial charge on any atom is 0.335 e. The topological polar surface area (TPSA) is 74.7 Å². The van der Waals surface area contributed by atoms with Crippen LogP contribution in [0, 0.1) is 0 Å². The first-order valence-electron chi connectivity index (χ1n) is 5.29. The lowest BCUT2D eigenvalue weighted by molar-refractivity contribution is -0.127. The second-order valence-corrected chi connectivity index (χ2v) is 5.78. The number of carbonyl (C=O) groups is 2. The number of hydrogen-bond acceptors (Lipinski definition) is 3. The van der Waals surface area contributed by atoms with Crippen molar-refractivity contribution in [3.8, 4) is 0 Å². The summed E-state index contributed by atoms with van der Waals surface area (Å²) in [6.45, 7) is 1.56. The number of carboxylic acids is 1. The van der Waals surface area contributed by atoms with Gasteiger partial charge in [0.25, 0.3) is 0 Å². The Morgan fingerprint density at radius 1 is 1.33 bits per heavy atom. The minimum absolute atomic E-state index is 0.0605. The zero-order chi connectivity index (χ0) is 13.9. The molecule has 2 unspecified atom stereocenters. The molecular formula is C12H15NO4S. The fraction of sp³-hybridized carbons (Fsp3) is 0.333. The van der Waals surface area contributed by atoms with Crippen LogP contribution in [0.3, 0.4) is 0 Å². The number of rotatable bonds is 4. The molecule has 2 atom stereocenters. The highest BCUT2D eigenvalue weighted by molar-refractivity contribution is 7.86. The number of aromatic carboxylic acids is 1. The third-order valence-corrected chi connectivity index (χ3v) is 3.99. The summed E-state index contributed by atoms with van der Waals surface area (Å²) in [5, 5.41) is 8.15. The van der Waals surface area contributed by atoms with Gasteiger partial charge in [0, 0.05) is 19.0 Å². The van der Waals surface area contributed by atoms with Gasteiger partial charge in [0.15, 0.2) is 0 Å². The highest BCUT2D eigenvalue weighted by Gasteiger charge is 2.23. The Morgan fingerprint density at radius 3 is 2.44 bits per heavy atom. The first-order valence-corrected chi connectivity index (χ1v) is 6.51. The van der Waals surface area contributed by atoms with E-state index >= 15 is 0 Å². The molecule has 18 heavy (non-hydrogen) atoms. The van der Waals surface area contributed by atoms with Crippen LogP contribution in [0.5, 0.6) is 0 Å². The van der Waals surface area contributed by atoms with E-state index in [9.17, 15) is 13.8 Å². The lowest BCUT2D eigenvalue weighted by Gasteiger charge is -2.16. The van der Waals surface area contributed by atoms with Gasteiger partial charge in [0.05, 0.1) is 16.4 Å². The maximum absolute atomic E-state index is 12.1. The fourth-order valence-corrected chi connectivity index (χ4v) is 2.67. The monoisotopic (exact) mass is 269 g/mol. The Hall–Kier alpha value is -1.69. The molecule has 0 bridgehead atoms. The predicted molar refractivity (Wildman–Crippen MR) is 68.0 cm³/mol. The summed E-state index contributed by atoms with van der Waals surface area (Å²) >= 11 is 0. The molecule has 0 radical (unpaired) electrons. The molecule has 0 aliphatic heterocycles. The van der Waals surface area contributed by atoms with Gasteiger partial charge < -0.3 is 10.0 Å². The number of nitrogens with zero attached hydrogens (tertiary/aromatic N) is 1. The number of amides is 1. The molecule has 1 aromatic rings. The summed E-state index contributed by atoms with van der Waals surface area (Å²) in [7, 11) is 1.61. The summed E-state index contributed by atoms with van der Waals surface area (Å²) in [5.41, 5.74) is 0.0605. The molecule has 0 aliphatic carbocycles. The molecule has 0 aliphatic rings. The second-order valence-electron chi connectivity index (χ2n) is 4.01. The highest BCUT2D eigenvalue weighted by Crippen LogP contribution is 2.14. The lowest BCUT2D eigenvalue weighted by atomic mass is 10.2. The molecule has 0 aromatic heterocycles. The van der Waals surface area contributed by atoms with Gasteiger partial charge >= 0.3 is 5.97 Å². The smallest absolute Gasteiger partial charge is 0.335 e. The molecule has 0 saturated carbocycles. The van der Waals surface area contributed by atoms with Gasteiger partial charge in [-0.1, -0.05) is 6.07 Å². The number of carboxylic acid groups (broad SMARTS) is 1. The molecule has 1 N–H and O–H groups in total. The van der Waals surface area contributed by atoms with Crippen molar-refractivity contribution in [3.63, 3.8) is 0 Å². The van der Waals surface area contributed by atoms with Gasteiger partial charge in [0.2, 0.25) is 5.91 Å². The molecule has 0 fully saturated rings. The third-order valence-electron chi connectivity index (χ3n) is 2.42. The van der Waals surface area contributed by atoms with Crippen LogP contribution in [0.4, 0.5) is 0 Å². The number of carbonyl (C=O) groups excluding carboxylic acids is 1. The Morgan fingerprint density at radius 2 is 1.94 bits per heavy atom. The van der Waals surface area contributed by atoms with Gasteiger partial charge in [-0.25, -0.2) is 4.79 Å². The Labute approximate surface area is 108 Å². The molecular weight excluding hydrogens is 254 g/mol. The molecule has 98 valence electrons. The van der Waals surface area contributed by atoms with Crippen LogP contribution in [-0.2, 0) is 15.6 Å². The van der Waals surface area contributed by atoms with Crippen LogP contribution in [0.25, 0.3) is 0 Å². The van der Waals surface area contributed by atoms with E-state index in [2.05, 4.69) is 0 Å². The van der Waals surface area contributed by atoms with E-state index in [-0.39, 0.29) is 11.5 Å². The molecule has 0 saturated heterocycles. The highest BCUT2D eigenvalue weighted by atomic mass is 32.2. The van der Waals surface area contributed by atoms with Crippen molar-refractivity contribution < 1.29 is 18.9 Å². The van der Waals surface area contributed by atoms with Crippen molar-refractivity contribution in [2.75, 3.05) is 14.1 Å². The van der Waals surface area contributed by atoms with E-state index in [1.54, 1.807) is 27.1 Å². The van der Waals surface area contributed by atoms with Crippen LogP contribution in [0.1, 0.15) is 17.3 Å². The van der Waals surface area contributed by atoms with Crippen LogP contribution in [0.15, 0.2) is 29.2 Å². The van der Waals surface area contributed by atoms with Gasteiger partial charge in [-0.15, -0.1) is 0 Å². The largest absolute Gasteiger partial charge is 0.478 e. The fourth-order valence-electron chi connectivity index (χ4n) is 1.41. The van der Waals surface area contributed by atoms with Gasteiger partial charge in [0.1, 0.15) is 5.25 Å². The zero-order valence-corrected chi connectivity index (χ0v) is 11.2. The van der Waals surface area contributed by atoms with Gasteiger partial charge in [-0.05, 0) is 25.1 Å². The van der Waals surface area contributed by atoms with Crippen molar-refractivity contribution in [1.29, 1.82) is 0 Å². The summed E-state index contributed by atoms with van der Waals surface area (Å²) in [5.74, 6) is -1.34. The Balaban J connectivity index is 3.00. The third kappa shape index (κ3) is 3.16. The molecule has 6 heteroatoms. The standard InChI is InChI=1S/C12H15NO4S/c1-8(11(14)13(2)3)18(17)10-6-4-5-9(7-10)12(15)16/h4-8H,1-3H3,(H,15,16). The van der Waals surface area contributed by atoms with Crippen molar-refractivity contribution in [2.45, 2.75) is 17.1 Å². The quantitative estimate of drug-likeness (QED) is 0.883. The van der Waals surface area contributed by atoms with Crippen molar-refractivity contribution in [3.05, 3.63) is 29.8 Å². The molecule has 1 amide bonds. The average molecular weight is 269 g/mol. The molecule has 1 aromatic carbocycles. The minimum Gasteiger partial charge on any atom is -0.478 e. The van der Waals surface area contributed by atoms with Gasteiger partial charge in [-0.3, -0.25) is 9.00 Å². The molecule has 0 heterocycles. The lowest BCUT2D eigenvalue weighted by Crippen LogP contribution is -2.34. The minimum atomic E-state index is -1.56. The molecule has 5 nitrogen and oxygen atoms in total. The molecule has 1 rings (SSSR count). The van der Waals surface area contributed by atoms with E-state index in [0.717, 1.165) is 0 Å². The SMILES string of the molecule is CC(C(=O)N(C)C)S(=O)c1cccc(C(=O)O)c1. The maximum atomic E-state index is 12.1. The van der Waals surface area contributed by atoms with E-state index in [1.165, 1.54) is 23.1 Å². The van der Waals surface area contributed by atoms with Crippen molar-refractivity contribution in [1.82, 2.24) is 4.90 Å². The first-order chi connectivity index (χ1) is 8.34. The summed E-state index contributed by atoms with van der Waals surface area (Å²) < 4.78 is 12.1. The Bertz CT molecular complexity index is 499. The van der Waals surface area contributed by atoms with Gasteiger partial charge in [-0.2, -0.15) is 0 Å². The van der Waals surface area contributed by atoms with Crippen LogP contribution >= 0.6 is 0 Å². The first kappa shape index (κ1) is 14.4. The van der Waals surface area contributed by atoms with E-state index in [1.807, 2.05) is 0 Å². The summed E-state index contributed by atoms with van der Waals surface area (Å²) in [6.07, 6.45) is 0. The normalized spacial score (nSPS) is 13.7. The van der Waals surface area contributed by atoms with Crippen molar-refractivity contribution >= 4 is 22.7 Å². The summed E-state index contributed by atoms with van der Waals surface area (Å²) in [4.78, 5) is 24.2. The Kier molecular flexibility index (Phi) is 4.61. The van der Waals surface area contributed by atoms with E-state index in [4.69, 9.17) is 5.11 Å². The second kappa shape index (κ2) is 5.77. The van der Waals surface area contributed by atoms with Crippen LogP contribution in [-0.4, -0.2) is 45.4 Å². The van der Waals surface area contributed by atoms with E-state index < -0.39 is 22.0 Å². The van der Waals surface area contributed by atoms with E-state index in [0.29, 0.717) is 4.90 Å². The zero-order valence-electron chi connectivity index (χ0n) is 10.4. The number of benzene rings is 1. The molecule has 0 spiro atoms. The van der Waals surface area contributed by atoms with Crippen LogP contribution < -0.4 is 0 Å². The summed E-state index contributed by atoms with van der Waals surface area (Å²) in [6, 6.07) is 5.82. The number of hydrogen-bond donors (Lipinski definition) is 1.